The molecule has 1 fully saturated rings. The van der Waals surface area contributed by atoms with Crippen LogP contribution in [0.3, 0.4) is 0 Å². The molecule has 0 spiro atoms. The van der Waals surface area contributed by atoms with Crippen LogP contribution in [0.5, 0.6) is 0 Å². The second kappa shape index (κ2) is 6.57. The van der Waals surface area contributed by atoms with Crippen molar-refractivity contribution >= 4 is 10.1 Å². The molecule has 0 bridgehead atoms. The van der Waals surface area contributed by atoms with E-state index < -0.39 is 10.1 Å². The van der Waals surface area contributed by atoms with Crippen molar-refractivity contribution in [1.29, 1.82) is 0 Å². The molecular formula is C11H23NO3S. The van der Waals surface area contributed by atoms with Gasteiger partial charge in [0.15, 0.2) is 0 Å². The summed E-state index contributed by atoms with van der Waals surface area (Å²) < 4.78 is 30.1. The Labute approximate surface area is 98.6 Å². The van der Waals surface area contributed by atoms with Gasteiger partial charge in [-0.2, -0.15) is 8.42 Å². The minimum absolute atomic E-state index is 0.0294. The Morgan fingerprint density at radius 2 is 1.81 bits per heavy atom. The van der Waals surface area contributed by atoms with Gasteiger partial charge in [0, 0.05) is 6.04 Å². The minimum Gasteiger partial charge on any atom is -0.314 e. The molecule has 0 saturated heterocycles. The van der Waals surface area contributed by atoms with E-state index in [0.717, 1.165) is 0 Å². The van der Waals surface area contributed by atoms with Crippen LogP contribution >= 0.6 is 0 Å². The molecule has 1 aliphatic rings. The first-order chi connectivity index (χ1) is 7.47. The lowest BCUT2D eigenvalue weighted by Gasteiger charge is -2.18. The molecule has 4 nitrogen and oxygen atoms in total. The topological polar surface area (TPSA) is 66.4 Å². The molecule has 96 valence electrons. The SMILES string of the molecule is C[C@@H](CNC1CCCCCC1)CS(=O)(=O)O. The second-order valence-corrected chi connectivity index (χ2v) is 6.45. The number of rotatable bonds is 5. The Balaban J connectivity index is 2.22. The van der Waals surface area contributed by atoms with Gasteiger partial charge in [0.2, 0.25) is 0 Å². The second-order valence-electron chi connectivity index (χ2n) is 4.95. The van der Waals surface area contributed by atoms with Crippen molar-refractivity contribution in [2.45, 2.75) is 51.5 Å². The fraction of sp³-hybridized carbons (Fsp3) is 1.00. The highest BCUT2D eigenvalue weighted by Gasteiger charge is 2.15. The van der Waals surface area contributed by atoms with Gasteiger partial charge in [-0.15, -0.1) is 0 Å². The van der Waals surface area contributed by atoms with Crippen molar-refractivity contribution in [3.63, 3.8) is 0 Å². The molecule has 2 N–H and O–H groups in total. The van der Waals surface area contributed by atoms with Crippen molar-refractivity contribution in [2.24, 2.45) is 5.92 Å². The fourth-order valence-corrected chi connectivity index (χ4v) is 3.11. The molecule has 5 heteroatoms. The van der Waals surface area contributed by atoms with Crippen LogP contribution in [0.2, 0.25) is 0 Å². The molecule has 0 heterocycles. The summed E-state index contributed by atoms with van der Waals surface area (Å²) in [4.78, 5) is 0. The first-order valence-electron chi connectivity index (χ1n) is 6.16. The molecule has 0 unspecified atom stereocenters. The predicted octanol–water partition coefficient (Wildman–Crippen LogP) is 1.82. The molecule has 0 aromatic heterocycles. The quantitative estimate of drug-likeness (QED) is 0.576. The molecule has 1 rings (SSSR count). The Bertz CT molecular complexity index is 282. The predicted molar refractivity (Wildman–Crippen MR) is 65.1 cm³/mol. The molecule has 0 aromatic rings. The van der Waals surface area contributed by atoms with Crippen molar-refractivity contribution in [1.82, 2.24) is 5.32 Å². The Kier molecular flexibility index (Phi) is 5.72. The average molecular weight is 249 g/mol. The summed E-state index contributed by atoms with van der Waals surface area (Å²) in [6, 6.07) is 0.534. The van der Waals surface area contributed by atoms with Crippen molar-refractivity contribution < 1.29 is 13.0 Å². The summed E-state index contributed by atoms with van der Waals surface area (Å²) in [5.74, 6) is -0.176. The molecule has 0 aliphatic heterocycles. The molecule has 1 saturated carbocycles. The van der Waals surface area contributed by atoms with Crippen LogP contribution in [0.15, 0.2) is 0 Å². The van der Waals surface area contributed by atoms with Gasteiger partial charge in [0.1, 0.15) is 0 Å². The van der Waals surface area contributed by atoms with Gasteiger partial charge < -0.3 is 5.32 Å². The monoisotopic (exact) mass is 249 g/mol. The van der Waals surface area contributed by atoms with E-state index in [9.17, 15) is 8.42 Å². The zero-order chi connectivity index (χ0) is 12.0. The lowest BCUT2D eigenvalue weighted by atomic mass is 10.1. The molecule has 0 aromatic carbocycles. The summed E-state index contributed by atoms with van der Waals surface area (Å²) in [5.41, 5.74) is 0. The maximum atomic E-state index is 10.7. The third kappa shape index (κ3) is 6.45. The summed E-state index contributed by atoms with van der Waals surface area (Å²) in [6.07, 6.45) is 7.56. The zero-order valence-corrected chi connectivity index (χ0v) is 10.8. The average Bonchev–Trinajstić information content (AvgIpc) is 2.39. The normalized spacial score (nSPS) is 21.6. The first kappa shape index (κ1) is 13.9. The smallest absolute Gasteiger partial charge is 0.265 e. The lowest BCUT2D eigenvalue weighted by Crippen LogP contribution is -2.34. The standard InChI is InChI=1S/C11H23NO3S/c1-10(9-16(13,14)15)8-12-11-6-4-2-3-5-7-11/h10-12H,2-9H2,1H3,(H,13,14,15)/t10-/m0/s1. The van der Waals surface area contributed by atoms with Crippen LogP contribution in [0.4, 0.5) is 0 Å². The highest BCUT2D eigenvalue weighted by molar-refractivity contribution is 7.85. The molecule has 1 atom stereocenters. The Hall–Kier alpha value is -0.130. The van der Waals surface area contributed by atoms with E-state index in [1.165, 1.54) is 38.5 Å². The highest BCUT2D eigenvalue weighted by Crippen LogP contribution is 2.17. The third-order valence-electron chi connectivity index (χ3n) is 3.11. The summed E-state index contributed by atoms with van der Waals surface area (Å²) >= 11 is 0. The zero-order valence-electron chi connectivity index (χ0n) is 9.98. The van der Waals surface area contributed by atoms with Crippen LogP contribution in [-0.2, 0) is 10.1 Å². The lowest BCUT2D eigenvalue weighted by molar-refractivity contribution is 0.415. The van der Waals surface area contributed by atoms with E-state index in [1.807, 2.05) is 6.92 Å². The third-order valence-corrected chi connectivity index (χ3v) is 4.10. The highest BCUT2D eigenvalue weighted by atomic mass is 32.2. The molecular weight excluding hydrogens is 226 g/mol. The van der Waals surface area contributed by atoms with Gasteiger partial charge in [-0.3, -0.25) is 4.55 Å². The molecule has 0 amide bonds. The minimum atomic E-state index is -3.82. The Morgan fingerprint density at radius 1 is 1.25 bits per heavy atom. The van der Waals surface area contributed by atoms with Gasteiger partial charge in [-0.05, 0) is 25.3 Å². The summed E-state index contributed by atoms with van der Waals surface area (Å²) in [5, 5.41) is 3.41. The van der Waals surface area contributed by atoms with E-state index >= 15 is 0 Å². The van der Waals surface area contributed by atoms with Gasteiger partial charge in [0.25, 0.3) is 10.1 Å². The van der Waals surface area contributed by atoms with Crippen LogP contribution in [0.25, 0.3) is 0 Å². The first-order valence-corrected chi connectivity index (χ1v) is 7.77. The van der Waals surface area contributed by atoms with E-state index in [1.54, 1.807) is 0 Å². The van der Waals surface area contributed by atoms with Crippen LogP contribution < -0.4 is 5.32 Å². The van der Waals surface area contributed by atoms with Gasteiger partial charge in [-0.25, -0.2) is 0 Å². The number of hydrogen-bond acceptors (Lipinski definition) is 3. The maximum Gasteiger partial charge on any atom is 0.265 e. The molecule has 0 radical (unpaired) electrons. The van der Waals surface area contributed by atoms with E-state index in [2.05, 4.69) is 5.32 Å². The summed E-state index contributed by atoms with van der Waals surface area (Å²) in [6.45, 7) is 2.52. The van der Waals surface area contributed by atoms with Crippen molar-refractivity contribution in [3.05, 3.63) is 0 Å². The van der Waals surface area contributed by atoms with Gasteiger partial charge in [-0.1, -0.05) is 32.6 Å². The van der Waals surface area contributed by atoms with E-state index in [0.29, 0.717) is 12.6 Å². The van der Waals surface area contributed by atoms with Crippen LogP contribution in [0.1, 0.15) is 45.4 Å². The Morgan fingerprint density at radius 3 is 2.31 bits per heavy atom. The van der Waals surface area contributed by atoms with Crippen molar-refractivity contribution in [3.8, 4) is 0 Å². The number of nitrogens with one attached hydrogen (secondary N) is 1. The molecule has 1 aliphatic carbocycles. The number of hydrogen-bond donors (Lipinski definition) is 2. The van der Waals surface area contributed by atoms with Crippen LogP contribution in [-0.4, -0.2) is 31.3 Å². The van der Waals surface area contributed by atoms with Crippen LogP contribution in [0, 0.1) is 5.92 Å². The van der Waals surface area contributed by atoms with Crippen molar-refractivity contribution in [2.75, 3.05) is 12.3 Å². The van der Waals surface area contributed by atoms with E-state index in [4.69, 9.17) is 4.55 Å². The fourth-order valence-electron chi connectivity index (χ4n) is 2.27. The largest absolute Gasteiger partial charge is 0.314 e. The molecule has 16 heavy (non-hydrogen) atoms. The van der Waals surface area contributed by atoms with Gasteiger partial charge >= 0.3 is 0 Å². The van der Waals surface area contributed by atoms with Gasteiger partial charge in [0.05, 0.1) is 5.75 Å². The maximum absolute atomic E-state index is 10.7. The van der Waals surface area contributed by atoms with E-state index in [-0.39, 0.29) is 11.7 Å². The summed E-state index contributed by atoms with van der Waals surface area (Å²) in [7, 11) is -3.82.